The Hall–Kier alpha value is -4.40. The largest absolute Gasteiger partial charge is 0.467 e. The van der Waals surface area contributed by atoms with Crippen LogP contribution in [0.4, 0.5) is 5.69 Å². The van der Waals surface area contributed by atoms with Crippen LogP contribution in [0.2, 0.25) is 0 Å². The van der Waals surface area contributed by atoms with Gasteiger partial charge in [-0.3, -0.25) is 18.7 Å². The Bertz CT molecular complexity index is 1420. The van der Waals surface area contributed by atoms with E-state index in [1.807, 2.05) is 0 Å². The Morgan fingerprint density at radius 2 is 1.72 bits per heavy atom. The molecule has 4 rings (SSSR count). The van der Waals surface area contributed by atoms with E-state index < -0.39 is 23.1 Å². The molecule has 4 aromatic rings. The van der Waals surface area contributed by atoms with Gasteiger partial charge in [0, 0.05) is 0 Å². The van der Waals surface area contributed by atoms with Crippen molar-refractivity contribution in [3.05, 3.63) is 99.1 Å². The Labute approximate surface area is 181 Å². The normalized spacial score (nSPS) is 10.8. The van der Waals surface area contributed by atoms with Gasteiger partial charge in [0.15, 0.2) is 0 Å². The van der Waals surface area contributed by atoms with Gasteiger partial charge in [0.25, 0.3) is 5.56 Å². The number of hydrogen-bond donors (Lipinski definition) is 1. The lowest BCUT2D eigenvalue weighted by molar-refractivity contribution is -0.116. The van der Waals surface area contributed by atoms with E-state index in [0.717, 1.165) is 4.57 Å². The highest BCUT2D eigenvalue weighted by Gasteiger charge is 2.18. The first-order valence-corrected chi connectivity index (χ1v) is 9.71. The smallest absolute Gasteiger partial charge is 0.339 e. The van der Waals surface area contributed by atoms with Crippen molar-refractivity contribution in [2.24, 2.45) is 0 Å². The zero-order chi connectivity index (χ0) is 22.7. The molecule has 2 aromatic carbocycles. The molecule has 0 unspecified atom stereocenters. The summed E-state index contributed by atoms with van der Waals surface area (Å²) in [6.07, 6.45) is 1.45. The van der Waals surface area contributed by atoms with Crippen molar-refractivity contribution < 1.29 is 18.7 Å². The molecule has 9 nitrogen and oxygen atoms in total. The highest BCUT2D eigenvalue weighted by Crippen LogP contribution is 2.16. The summed E-state index contributed by atoms with van der Waals surface area (Å²) in [4.78, 5) is 50.9. The second-order valence-electron chi connectivity index (χ2n) is 6.94. The summed E-state index contributed by atoms with van der Waals surface area (Å²) in [5.41, 5.74) is -0.361. The number of hydrogen-bond acceptors (Lipinski definition) is 6. The number of fused-ring (bicyclic) bond motifs is 1. The second-order valence-corrected chi connectivity index (χ2v) is 6.94. The number of ether oxygens (including phenoxy) is 1. The van der Waals surface area contributed by atoms with Crippen LogP contribution in [-0.2, 0) is 22.6 Å². The van der Waals surface area contributed by atoms with Crippen LogP contribution >= 0.6 is 0 Å². The van der Waals surface area contributed by atoms with Gasteiger partial charge >= 0.3 is 11.7 Å². The zero-order valence-corrected chi connectivity index (χ0v) is 17.1. The van der Waals surface area contributed by atoms with Gasteiger partial charge in [0.2, 0.25) is 5.91 Å². The summed E-state index contributed by atoms with van der Waals surface area (Å²) in [5.74, 6) is -0.713. The molecule has 32 heavy (non-hydrogen) atoms. The summed E-state index contributed by atoms with van der Waals surface area (Å²) >= 11 is 0. The first-order valence-electron chi connectivity index (χ1n) is 9.71. The van der Waals surface area contributed by atoms with Crippen LogP contribution in [0.5, 0.6) is 0 Å². The van der Waals surface area contributed by atoms with Gasteiger partial charge in [-0.15, -0.1) is 0 Å². The molecule has 1 amide bonds. The van der Waals surface area contributed by atoms with Crippen molar-refractivity contribution in [2.75, 3.05) is 12.4 Å². The van der Waals surface area contributed by atoms with Gasteiger partial charge in [0.05, 0.1) is 42.1 Å². The third-order valence-electron chi connectivity index (χ3n) is 4.93. The minimum absolute atomic E-state index is 0.0672. The third kappa shape index (κ3) is 3.95. The van der Waals surface area contributed by atoms with Crippen molar-refractivity contribution in [1.29, 1.82) is 0 Å². The van der Waals surface area contributed by atoms with Gasteiger partial charge < -0.3 is 14.5 Å². The zero-order valence-electron chi connectivity index (χ0n) is 17.1. The highest BCUT2D eigenvalue weighted by molar-refractivity contribution is 6.01. The fourth-order valence-corrected chi connectivity index (χ4v) is 3.43. The molecule has 0 saturated carbocycles. The fourth-order valence-electron chi connectivity index (χ4n) is 3.43. The number of methoxy groups -OCH3 is 1. The lowest BCUT2D eigenvalue weighted by atomic mass is 10.2. The van der Waals surface area contributed by atoms with Gasteiger partial charge in [0.1, 0.15) is 12.3 Å². The molecule has 2 aromatic heterocycles. The number of benzene rings is 2. The quantitative estimate of drug-likeness (QED) is 0.467. The van der Waals surface area contributed by atoms with E-state index in [4.69, 9.17) is 9.15 Å². The maximum absolute atomic E-state index is 13.2. The SMILES string of the molecule is COC(=O)c1ccccc1NC(=O)Cn1c(=O)n(Cc2ccco2)c(=O)c2ccccc21. The molecule has 162 valence electrons. The van der Waals surface area contributed by atoms with E-state index in [1.165, 1.54) is 24.0 Å². The number of nitrogens with one attached hydrogen (secondary N) is 1. The lowest BCUT2D eigenvalue weighted by Crippen LogP contribution is -2.42. The van der Waals surface area contributed by atoms with Crippen LogP contribution in [0.1, 0.15) is 16.1 Å². The van der Waals surface area contributed by atoms with Crippen LogP contribution in [0.3, 0.4) is 0 Å². The monoisotopic (exact) mass is 433 g/mol. The molecule has 9 heteroatoms. The van der Waals surface area contributed by atoms with E-state index in [1.54, 1.807) is 54.6 Å². The van der Waals surface area contributed by atoms with Crippen molar-refractivity contribution in [2.45, 2.75) is 13.1 Å². The molecule has 0 bridgehead atoms. The maximum Gasteiger partial charge on any atom is 0.339 e. The topological polar surface area (TPSA) is 113 Å². The van der Waals surface area contributed by atoms with E-state index >= 15 is 0 Å². The lowest BCUT2D eigenvalue weighted by Gasteiger charge is -2.14. The Kier molecular flexibility index (Phi) is 5.71. The number of aromatic nitrogens is 2. The number of para-hydroxylation sites is 2. The molecule has 0 aliphatic carbocycles. The van der Waals surface area contributed by atoms with Crippen molar-refractivity contribution in [3.63, 3.8) is 0 Å². The number of furan rings is 1. The Morgan fingerprint density at radius 3 is 2.47 bits per heavy atom. The highest BCUT2D eigenvalue weighted by atomic mass is 16.5. The molecule has 0 fully saturated rings. The van der Waals surface area contributed by atoms with Gasteiger partial charge in [-0.1, -0.05) is 24.3 Å². The second kappa shape index (κ2) is 8.76. The van der Waals surface area contributed by atoms with E-state index in [2.05, 4.69) is 5.32 Å². The predicted octanol–water partition coefficient (Wildman–Crippen LogP) is 2.23. The number of carbonyl (C=O) groups excluding carboxylic acids is 2. The van der Waals surface area contributed by atoms with E-state index in [-0.39, 0.29) is 24.3 Å². The number of carbonyl (C=O) groups is 2. The Balaban J connectivity index is 1.73. The van der Waals surface area contributed by atoms with Gasteiger partial charge in [-0.2, -0.15) is 0 Å². The third-order valence-corrected chi connectivity index (χ3v) is 4.93. The van der Waals surface area contributed by atoms with Crippen LogP contribution in [0.25, 0.3) is 10.9 Å². The average Bonchev–Trinajstić information content (AvgIpc) is 3.32. The van der Waals surface area contributed by atoms with Gasteiger partial charge in [-0.05, 0) is 36.4 Å². The van der Waals surface area contributed by atoms with Crippen LogP contribution in [0.15, 0.2) is 80.9 Å². The van der Waals surface area contributed by atoms with Crippen LogP contribution in [-0.4, -0.2) is 28.1 Å². The molecule has 0 radical (unpaired) electrons. The standard InChI is InChI=1S/C23H19N3O6/c1-31-22(29)16-8-2-4-10-18(16)24-20(27)14-25-19-11-5-3-9-17(19)21(28)26(23(25)30)13-15-7-6-12-32-15/h2-12H,13-14H2,1H3,(H,24,27). The fraction of sp³-hybridized carbons (Fsp3) is 0.130. The number of amides is 1. The van der Waals surface area contributed by atoms with Crippen LogP contribution in [0, 0.1) is 0 Å². The maximum atomic E-state index is 13.2. The van der Waals surface area contributed by atoms with Crippen molar-refractivity contribution in [3.8, 4) is 0 Å². The Morgan fingerprint density at radius 1 is 0.969 bits per heavy atom. The summed E-state index contributed by atoms with van der Waals surface area (Å²) < 4.78 is 12.3. The number of nitrogens with zero attached hydrogens (tertiary/aromatic N) is 2. The summed E-state index contributed by atoms with van der Waals surface area (Å²) in [6.45, 7) is -0.435. The predicted molar refractivity (Wildman–Crippen MR) is 117 cm³/mol. The molecule has 0 aliphatic heterocycles. The average molecular weight is 433 g/mol. The van der Waals surface area contributed by atoms with Crippen molar-refractivity contribution in [1.82, 2.24) is 9.13 Å². The first kappa shape index (κ1) is 20.9. The molecule has 0 aliphatic rings. The molecule has 0 spiro atoms. The molecular formula is C23H19N3O6. The molecule has 0 saturated heterocycles. The summed E-state index contributed by atoms with van der Waals surface area (Å²) in [5, 5.41) is 2.93. The van der Waals surface area contributed by atoms with Crippen LogP contribution < -0.4 is 16.6 Å². The molecule has 2 heterocycles. The first-order chi connectivity index (χ1) is 15.5. The van der Waals surface area contributed by atoms with Crippen molar-refractivity contribution >= 4 is 28.5 Å². The summed E-state index contributed by atoms with van der Waals surface area (Å²) in [7, 11) is 1.24. The number of esters is 1. The van der Waals surface area contributed by atoms with E-state index in [9.17, 15) is 19.2 Å². The summed E-state index contributed by atoms with van der Waals surface area (Å²) in [6, 6.07) is 16.3. The molecule has 1 N–H and O–H groups in total. The number of anilines is 1. The van der Waals surface area contributed by atoms with Gasteiger partial charge in [-0.25, -0.2) is 9.59 Å². The van der Waals surface area contributed by atoms with E-state index in [0.29, 0.717) is 16.7 Å². The minimum Gasteiger partial charge on any atom is -0.467 e. The minimum atomic E-state index is -0.651. The number of rotatable bonds is 6. The molecular weight excluding hydrogens is 414 g/mol. The molecule has 0 atom stereocenters.